The third-order valence-electron chi connectivity index (χ3n) is 3.93. The van der Waals surface area contributed by atoms with Crippen LogP contribution in [0.25, 0.3) is 0 Å². The van der Waals surface area contributed by atoms with Gasteiger partial charge in [0.1, 0.15) is 5.75 Å². The summed E-state index contributed by atoms with van der Waals surface area (Å²) in [5, 5.41) is 0. The Balaban J connectivity index is 1.94. The minimum Gasteiger partial charge on any atom is -0.491 e. The molecule has 1 fully saturated rings. The maximum atomic E-state index is 5.74. The van der Waals surface area contributed by atoms with Gasteiger partial charge in [0.25, 0.3) is 0 Å². The minimum absolute atomic E-state index is 0.233. The Hall–Kier alpha value is -1.06. The smallest absolute Gasteiger partial charge is 0.119 e. The van der Waals surface area contributed by atoms with Crippen molar-refractivity contribution in [2.24, 2.45) is 5.73 Å². The predicted molar refractivity (Wildman–Crippen MR) is 83.9 cm³/mol. The lowest BCUT2D eigenvalue weighted by molar-refractivity contribution is 0.134. The lowest BCUT2D eigenvalue weighted by Gasteiger charge is -2.35. The zero-order valence-corrected chi connectivity index (χ0v) is 12.8. The molecular weight excluding hydrogens is 248 g/mol. The Kier molecular flexibility index (Phi) is 5.86. The number of hydrogen-bond acceptors (Lipinski definition) is 3. The standard InChI is InChI=1S/C17H28N2O/c1-14(2)20-17-8-6-15(7-9-17)13-19-12-4-3-5-16(19)10-11-18/h6-9,14,16H,3-5,10-13,18H2,1-2H3. The first kappa shape index (κ1) is 15.3. The molecule has 2 rings (SSSR count). The molecule has 20 heavy (non-hydrogen) atoms. The molecule has 0 aromatic heterocycles. The Morgan fingerprint density at radius 3 is 2.65 bits per heavy atom. The first-order chi connectivity index (χ1) is 9.69. The molecule has 0 aliphatic carbocycles. The van der Waals surface area contributed by atoms with E-state index in [2.05, 4.69) is 43.0 Å². The molecule has 1 atom stereocenters. The van der Waals surface area contributed by atoms with Crippen LogP contribution in [0.4, 0.5) is 0 Å². The molecule has 0 amide bonds. The van der Waals surface area contributed by atoms with Crippen LogP contribution in [0.2, 0.25) is 0 Å². The van der Waals surface area contributed by atoms with E-state index in [0.717, 1.165) is 25.3 Å². The molecule has 0 spiro atoms. The second-order valence-corrected chi connectivity index (χ2v) is 6.01. The van der Waals surface area contributed by atoms with Crippen LogP contribution in [0.15, 0.2) is 24.3 Å². The maximum Gasteiger partial charge on any atom is 0.119 e. The molecule has 0 radical (unpaired) electrons. The number of likely N-dealkylation sites (tertiary alicyclic amines) is 1. The summed E-state index contributed by atoms with van der Waals surface area (Å²) in [6, 6.07) is 9.20. The quantitative estimate of drug-likeness (QED) is 0.867. The summed E-state index contributed by atoms with van der Waals surface area (Å²) >= 11 is 0. The summed E-state index contributed by atoms with van der Waals surface area (Å²) in [5.41, 5.74) is 7.10. The first-order valence-corrected chi connectivity index (χ1v) is 7.88. The van der Waals surface area contributed by atoms with Crippen molar-refractivity contribution in [3.05, 3.63) is 29.8 Å². The van der Waals surface area contributed by atoms with Crippen molar-refractivity contribution >= 4 is 0 Å². The molecule has 112 valence electrons. The monoisotopic (exact) mass is 276 g/mol. The van der Waals surface area contributed by atoms with E-state index in [0.29, 0.717) is 6.04 Å². The van der Waals surface area contributed by atoms with Gasteiger partial charge >= 0.3 is 0 Å². The van der Waals surface area contributed by atoms with Gasteiger partial charge in [0.05, 0.1) is 6.10 Å². The second-order valence-electron chi connectivity index (χ2n) is 6.01. The summed E-state index contributed by atoms with van der Waals surface area (Å²) in [7, 11) is 0. The second kappa shape index (κ2) is 7.65. The van der Waals surface area contributed by atoms with Crippen LogP contribution in [0.5, 0.6) is 5.75 Å². The fraction of sp³-hybridized carbons (Fsp3) is 0.647. The molecule has 3 nitrogen and oxygen atoms in total. The highest BCUT2D eigenvalue weighted by molar-refractivity contribution is 5.27. The third-order valence-corrected chi connectivity index (χ3v) is 3.93. The van der Waals surface area contributed by atoms with Gasteiger partial charge in [0, 0.05) is 12.6 Å². The molecule has 2 N–H and O–H groups in total. The molecule has 0 bridgehead atoms. The topological polar surface area (TPSA) is 38.5 Å². The molecule has 1 saturated heterocycles. The van der Waals surface area contributed by atoms with Gasteiger partial charge in [0.2, 0.25) is 0 Å². The molecule has 1 aliphatic rings. The SMILES string of the molecule is CC(C)Oc1ccc(CN2CCCCC2CCN)cc1. The molecular formula is C17H28N2O. The van der Waals surface area contributed by atoms with Crippen LogP contribution in [-0.2, 0) is 6.54 Å². The fourth-order valence-electron chi connectivity index (χ4n) is 2.97. The van der Waals surface area contributed by atoms with Crippen LogP contribution in [0, 0.1) is 0 Å². The highest BCUT2D eigenvalue weighted by Gasteiger charge is 2.21. The van der Waals surface area contributed by atoms with Crippen LogP contribution in [-0.4, -0.2) is 30.1 Å². The Bertz CT molecular complexity index is 386. The maximum absolute atomic E-state index is 5.74. The lowest BCUT2D eigenvalue weighted by atomic mass is 9.98. The van der Waals surface area contributed by atoms with Crippen LogP contribution in [0.3, 0.4) is 0 Å². The summed E-state index contributed by atoms with van der Waals surface area (Å²) in [4.78, 5) is 2.59. The van der Waals surface area contributed by atoms with Crippen molar-refractivity contribution in [1.29, 1.82) is 0 Å². The number of nitrogens with two attached hydrogens (primary N) is 1. The van der Waals surface area contributed by atoms with Gasteiger partial charge in [-0.3, -0.25) is 4.90 Å². The van der Waals surface area contributed by atoms with E-state index in [9.17, 15) is 0 Å². The van der Waals surface area contributed by atoms with Gasteiger partial charge in [-0.25, -0.2) is 0 Å². The summed E-state index contributed by atoms with van der Waals surface area (Å²) < 4.78 is 5.69. The fourth-order valence-corrected chi connectivity index (χ4v) is 2.97. The normalized spacial score (nSPS) is 20.3. The van der Waals surface area contributed by atoms with E-state index in [-0.39, 0.29) is 6.10 Å². The van der Waals surface area contributed by atoms with Gasteiger partial charge < -0.3 is 10.5 Å². The zero-order chi connectivity index (χ0) is 14.4. The molecule has 1 aliphatic heterocycles. The van der Waals surface area contributed by atoms with E-state index < -0.39 is 0 Å². The largest absolute Gasteiger partial charge is 0.491 e. The Morgan fingerprint density at radius 1 is 1.25 bits per heavy atom. The number of ether oxygens (including phenoxy) is 1. The number of piperidine rings is 1. The van der Waals surface area contributed by atoms with Crippen molar-refractivity contribution in [3.8, 4) is 5.75 Å². The van der Waals surface area contributed by atoms with Crippen LogP contribution < -0.4 is 10.5 Å². The summed E-state index contributed by atoms with van der Waals surface area (Å²) in [5.74, 6) is 0.959. The molecule has 3 heteroatoms. The highest BCUT2D eigenvalue weighted by Crippen LogP contribution is 2.22. The first-order valence-electron chi connectivity index (χ1n) is 7.88. The predicted octanol–water partition coefficient (Wildman–Crippen LogP) is 3.18. The van der Waals surface area contributed by atoms with Crippen molar-refractivity contribution in [3.63, 3.8) is 0 Å². The van der Waals surface area contributed by atoms with E-state index in [1.165, 1.54) is 31.4 Å². The van der Waals surface area contributed by atoms with Gasteiger partial charge in [0.15, 0.2) is 0 Å². The number of benzene rings is 1. The van der Waals surface area contributed by atoms with Crippen molar-refractivity contribution in [2.75, 3.05) is 13.1 Å². The van der Waals surface area contributed by atoms with E-state index >= 15 is 0 Å². The van der Waals surface area contributed by atoms with Crippen molar-refractivity contribution < 1.29 is 4.74 Å². The van der Waals surface area contributed by atoms with Gasteiger partial charge in [-0.15, -0.1) is 0 Å². The van der Waals surface area contributed by atoms with Gasteiger partial charge in [-0.05, 0) is 63.9 Å². The van der Waals surface area contributed by atoms with Gasteiger partial charge in [-0.2, -0.15) is 0 Å². The average Bonchev–Trinajstić information content (AvgIpc) is 2.43. The molecule has 1 aromatic rings. The van der Waals surface area contributed by atoms with E-state index in [1.54, 1.807) is 0 Å². The Morgan fingerprint density at radius 2 is 2.00 bits per heavy atom. The Labute approximate surface area is 123 Å². The highest BCUT2D eigenvalue weighted by atomic mass is 16.5. The number of nitrogens with zero attached hydrogens (tertiary/aromatic N) is 1. The zero-order valence-electron chi connectivity index (χ0n) is 12.8. The summed E-state index contributed by atoms with van der Waals surface area (Å²) in [6.45, 7) is 7.14. The van der Waals surface area contributed by atoms with Crippen molar-refractivity contribution in [1.82, 2.24) is 4.90 Å². The van der Waals surface area contributed by atoms with E-state index in [1.807, 2.05) is 0 Å². The summed E-state index contributed by atoms with van der Waals surface area (Å²) in [6.07, 6.45) is 5.31. The molecule has 1 heterocycles. The molecule has 1 unspecified atom stereocenters. The lowest BCUT2D eigenvalue weighted by Crippen LogP contribution is -2.40. The number of hydrogen-bond donors (Lipinski definition) is 1. The molecule has 1 aromatic carbocycles. The van der Waals surface area contributed by atoms with Crippen LogP contribution >= 0.6 is 0 Å². The molecule has 0 saturated carbocycles. The van der Waals surface area contributed by atoms with E-state index in [4.69, 9.17) is 10.5 Å². The third kappa shape index (κ3) is 4.50. The number of rotatable bonds is 6. The average molecular weight is 276 g/mol. The van der Waals surface area contributed by atoms with Crippen LogP contribution in [0.1, 0.15) is 45.1 Å². The van der Waals surface area contributed by atoms with Crippen molar-refractivity contribution in [2.45, 2.75) is 58.2 Å². The minimum atomic E-state index is 0.233. The van der Waals surface area contributed by atoms with Gasteiger partial charge in [-0.1, -0.05) is 18.6 Å².